The SMILES string of the molecule is CC(C)Sc1ccc(CC(=O)N2CCC(Oc3cnccn3)C2)cc1. The second kappa shape index (κ2) is 8.34. The topological polar surface area (TPSA) is 55.3 Å². The van der Waals surface area contributed by atoms with E-state index in [4.69, 9.17) is 4.74 Å². The molecule has 1 atom stereocenters. The number of carbonyl (C=O) groups is 1. The van der Waals surface area contributed by atoms with E-state index in [9.17, 15) is 4.79 Å². The van der Waals surface area contributed by atoms with Gasteiger partial charge in [0.1, 0.15) is 6.10 Å². The summed E-state index contributed by atoms with van der Waals surface area (Å²) < 4.78 is 5.79. The molecule has 1 amide bonds. The van der Waals surface area contributed by atoms with E-state index in [1.165, 1.54) is 4.90 Å². The molecule has 1 aliphatic rings. The predicted octanol–water partition coefficient (Wildman–Crippen LogP) is 3.20. The summed E-state index contributed by atoms with van der Waals surface area (Å²) in [6.45, 7) is 5.69. The molecule has 1 aliphatic heterocycles. The average molecular weight is 357 g/mol. The van der Waals surface area contributed by atoms with E-state index in [-0.39, 0.29) is 12.0 Å². The van der Waals surface area contributed by atoms with E-state index in [2.05, 4.69) is 35.9 Å². The van der Waals surface area contributed by atoms with Crippen LogP contribution in [0.4, 0.5) is 0 Å². The summed E-state index contributed by atoms with van der Waals surface area (Å²) in [6.07, 6.45) is 6.07. The lowest BCUT2D eigenvalue weighted by molar-refractivity contribution is -0.129. The Hall–Kier alpha value is -2.08. The summed E-state index contributed by atoms with van der Waals surface area (Å²) in [4.78, 5) is 23.7. The van der Waals surface area contributed by atoms with Gasteiger partial charge in [-0.25, -0.2) is 4.98 Å². The zero-order chi connectivity index (χ0) is 17.6. The standard InChI is InChI=1S/C19H23N3O2S/c1-14(2)25-17-5-3-15(4-6-17)11-19(23)22-10-7-16(13-22)24-18-12-20-8-9-21-18/h3-6,8-9,12,14,16H,7,10-11,13H2,1-2H3. The maximum absolute atomic E-state index is 12.5. The van der Waals surface area contributed by atoms with E-state index in [0.717, 1.165) is 18.5 Å². The molecule has 6 heteroatoms. The molecule has 2 heterocycles. The summed E-state index contributed by atoms with van der Waals surface area (Å²) in [7, 11) is 0. The van der Waals surface area contributed by atoms with E-state index in [1.807, 2.05) is 28.8 Å². The van der Waals surface area contributed by atoms with Crippen molar-refractivity contribution in [2.24, 2.45) is 0 Å². The van der Waals surface area contributed by atoms with Crippen molar-refractivity contribution >= 4 is 17.7 Å². The maximum Gasteiger partial charge on any atom is 0.232 e. The smallest absolute Gasteiger partial charge is 0.232 e. The highest BCUT2D eigenvalue weighted by molar-refractivity contribution is 7.99. The first-order valence-electron chi connectivity index (χ1n) is 8.56. The minimum Gasteiger partial charge on any atom is -0.471 e. The molecule has 0 aliphatic carbocycles. The minimum absolute atomic E-state index is 0.00883. The fraction of sp³-hybridized carbons (Fsp3) is 0.421. The van der Waals surface area contributed by atoms with Crippen LogP contribution < -0.4 is 4.74 Å². The van der Waals surface area contributed by atoms with Gasteiger partial charge in [-0.1, -0.05) is 26.0 Å². The molecule has 1 aromatic heterocycles. The molecule has 0 bridgehead atoms. The van der Waals surface area contributed by atoms with Crippen molar-refractivity contribution in [1.29, 1.82) is 0 Å². The predicted molar refractivity (Wildman–Crippen MR) is 98.8 cm³/mol. The summed E-state index contributed by atoms with van der Waals surface area (Å²) in [5.41, 5.74) is 1.05. The Balaban J connectivity index is 1.50. The Morgan fingerprint density at radius 1 is 1.32 bits per heavy atom. The molecule has 0 radical (unpaired) electrons. The monoisotopic (exact) mass is 357 g/mol. The fourth-order valence-electron chi connectivity index (χ4n) is 2.81. The lowest BCUT2D eigenvalue weighted by Gasteiger charge is -2.17. The van der Waals surface area contributed by atoms with Gasteiger partial charge in [0.2, 0.25) is 11.8 Å². The van der Waals surface area contributed by atoms with Crippen LogP contribution in [0.5, 0.6) is 5.88 Å². The quantitative estimate of drug-likeness (QED) is 0.743. The third kappa shape index (κ3) is 5.19. The highest BCUT2D eigenvalue weighted by Crippen LogP contribution is 2.23. The first kappa shape index (κ1) is 17.7. The molecule has 5 nitrogen and oxygen atoms in total. The number of hydrogen-bond acceptors (Lipinski definition) is 5. The van der Waals surface area contributed by atoms with Crippen LogP contribution >= 0.6 is 11.8 Å². The van der Waals surface area contributed by atoms with E-state index < -0.39 is 0 Å². The van der Waals surface area contributed by atoms with Crippen molar-refractivity contribution in [3.8, 4) is 5.88 Å². The number of hydrogen-bond donors (Lipinski definition) is 0. The Labute approximate surface area is 152 Å². The van der Waals surface area contributed by atoms with Gasteiger partial charge in [-0.2, -0.15) is 0 Å². The van der Waals surface area contributed by atoms with Crippen LogP contribution in [0.3, 0.4) is 0 Å². The minimum atomic E-state index is -0.00883. The van der Waals surface area contributed by atoms with Gasteiger partial charge in [0.25, 0.3) is 0 Å². The largest absolute Gasteiger partial charge is 0.471 e. The second-order valence-electron chi connectivity index (χ2n) is 6.40. The Bertz CT molecular complexity index is 692. The van der Waals surface area contributed by atoms with Gasteiger partial charge in [-0.15, -0.1) is 11.8 Å². The number of carbonyl (C=O) groups excluding carboxylic acids is 1. The number of ether oxygens (including phenoxy) is 1. The summed E-state index contributed by atoms with van der Waals surface area (Å²) in [6, 6.07) is 8.28. The molecule has 1 aromatic carbocycles. The number of aromatic nitrogens is 2. The lowest BCUT2D eigenvalue weighted by atomic mass is 10.1. The molecule has 0 spiro atoms. The zero-order valence-electron chi connectivity index (χ0n) is 14.6. The number of benzene rings is 1. The van der Waals surface area contributed by atoms with Crippen LogP contribution in [-0.4, -0.2) is 45.2 Å². The maximum atomic E-state index is 12.5. The number of amides is 1. The molecule has 132 valence electrons. The van der Waals surface area contributed by atoms with Gasteiger partial charge in [0.05, 0.1) is 19.2 Å². The van der Waals surface area contributed by atoms with Crippen LogP contribution in [0.2, 0.25) is 0 Å². The molecule has 0 N–H and O–H groups in total. The van der Waals surface area contributed by atoms with Crippen LogP contribution in [0.1, 0.15) is 25.8 Å². The molecular weight excluding hydrogens is 334 g/mol. The van der Waals surface area contributed by atoms with Crippen molar-refractivity contribution in [3.63, 3.8) is 0 Å². The highest BCUT2D eigenvalue weighted by Gasteiger charge is 2.27. The molecule has 1 saturated heterocycles. The van der Waals surface area contributed by atoms with E-state index in [0.29, 0.717) is 24.1 Å². The van der Waals surface area contributed by atoms with Crippen molar-refractivity contribution in [2.45, 2.75) is 42.9 Å². The molecule has 0 saturated carbocycles. The normalized spacial score (nSPS) is 17.1. The van der Waals surface area contributed by atoms with E-state index >= 15 is 0 Å². The summed E-state index contributed by atoms with van der Waals surface area (Å²) in [5, 5.41) is 0.559. The van der Waals surface area contributed by atoms with Gasteiger partial charge in [0.15, 0.2) is 0 Å². The van der Waals surface area contributed by atoms with Crippen LogP contribution in [0.25, 0.3) is 0 Å². The number of rotatable bonds is 6. The zero-order valence-corrected chi connectivity index (χ0v) is 15.4. The van der Waals surface area contributed by atoms with Crippen LogP contribution in [0, 0.1) is 0 Å². The Morgan fingerprint density at radius 3 is 2.80 bits per heavy atom. The van der Waals surface area contributed by atoms with Gasteiger partial charge in [-0.05, 0) is 17.7 Å². The second-order valence-corrected chi connectivity index (χ2v) is 8.05. The van der Waals surface area contributed by atoms with Crippen LogP contribution in [-0.2, 0) is 11.2 Å². The third-order valence-electron chi connectivity index (χ3n) is 3.98. The van der Waals surface area contributed by atoms with Crippen molar-refractivity contribution in [1.82, 2.24) is 14.9 Å². The number of nitrogens with zero attached hydrogens (tertiary/aromatic N) is 3. The molecule has 1 unspecified atom stereocenters. The number of likely N-dealkylation sites (tertiary alicyclic amines) is 1. The van der Waals surface area contributed by atoms with Crippen molar-refractivity contribution in [2.75, 3.05) is 13.1 Å². The van der Waals surface area contributed by atoms with Crippen LogP contribution in [0.15, 0.2) is 47.8 Å². The van der Waals surface area contributed by atoms with Crippen molar-refractivity contribution in [3.05, 3.63) is 48.4 Å². The van der Waals surface area contributed by atoms with Gasteiger partial charge < -0.3 is 9.64 Å². The molecular formula is C19H23N3O2S. The Kier molecular flexibility index (Phi) is 5.91. The first-order valence-corrected chi connectivity index (χ1v) is 9.44. The third-order valence-corrected chi connectivity index (χ3v) is 4.99. The van der Waals surface area contributed by atoms with Gasteiger partial charge in [-0.3, -0.25) is 9.78 Å². The van der Waals surface area contributed by atoms with Crippen molar-refractivity contribution < 1.29 is 9.53 Å². The summed E-state index contributed by atoms with van der Waals surface area (Å²) >= 11 is 1.83. The summed E-state index contributed by atoms with van der Waals surface area (Å²) in [5.74, 6) is 0.662. The average Bonchev–Trinajstić information content (AvgIpc) is 3.06. The molecule has 3 rings (SSSR count). The number of thioether (sulfide) groups is 1. The van der Waals surface area contributed by atoms with E-state index in [1.54, 1.807) is 18.6 Å². The molecule has 2 aromatic rings. The first-order chi connectivity index (χ1) is 12.1. The lowest BCUT2D eigenvalue weighted by Crippen LogP contribution is -2.32. The molecule has 1 fully saturated rings. The van der Waals surface area contributed by atoms with Gasteiger partial charge in [0, 0.05) is 35.5 Å². The highest BCUT2D eigenvalue weighted by atomic mass is 32.2. The molecule has 25 heavy (non-hydrogen) atoms. The Morgan fingerprint density at radius 2 is 2.12 bits per heavy atom. The fourth-order valence-corrected chi connectivity index (χ4v) is 3.65. The van der Waals surface area contributed by atoms with Gasteiger partial charge >= 0.3 is 0 Å².